The normalized spacial score (nSPS) is 14.1. The SMILES string of the molecule is Cc1c(F)cc(-c2ccc3c(c2)N(S(=O)(=O)c2cccc(C(F)(F)F)c2)CCO3)c(C)c1F. The van der Waals surface area contributed by atoms with Gasteiger partial charge in [0, 0.05) is 5.56 Å². The van der Waals surface area contributed by atoms with Crippen LogP contribution in [0.15, 0.2) is 53.4 Å². The molecule has 1 aliphatic rings. The third kappa shape index (κ3) is 4.03. The van der Waals surface area contributed by atoms with Crippen LogP contribution in [-0.2, 0) is 16.2 Å². The number of anilines is 1. The Morgan fingerprint density at radius 3 is 2.39 bits per heavy atom. The Bertz CT molecular complexity index is 1350. The lowest BCUT2D eigenvalue weighted by molar-refractivity contribution is -0.137. The van der Waals surface area contributed by atoms with Crippen LogP contribution in [0.1, 0.15) is 16.7 Å². The second-order valence-corrected chi connectivity index (χ2v) is 9.47. The molecule has 0 amide bonds. The molecule has 0 unspecified atom stereocenters. The van der Waals surface area contributed by atoms with Gasteiger partial charge in [-0.1, -0.05) is 12.1 Å². The summed E-state index contributed by atoms with van der Waals surface area (Å²) in [6, 6.07) is 9.02. The van der Waals surface area contributed by atoms with Gasteiger partial charge in [0.1, 0.15) is 24.0 Å². The second kappa shape index (κ2) is 8.02. The van der Waals surface area contributed by atoms with Gasteiger partial charge in [0.25, 0.3) is 10.0 Å². The summed E-state index contributed by atoms with van der Waals surface area (Å²) in [6.45, 7) is 2.62. The van der Waals surface area contributed by atoms with Crippen LogP contribution in [0, 0.1) is 25.5 Å². The minimum Gasteiger partial charge on any atom is -0.489 e. The molecule has 3 aromatic carbocycles. The maximum atomic E-state index is 14.4. The average Bonchev–Trinajstić information content (AvgIpc) is 2.78. The van der Waals surface area contributed by atoms with E-state index in [-0.39, 0.29) is 41.3 Å². The van der Waals surface area contributed by atoms with Gasteiger partial charge in [-0.25, -0.2) is 17.2 Å². The Kier molecular flexibility index (Phi) is 5.60. The fraction of sp³-hybridized carbons (Fsp3) is 0.217. The number of benzene rings is 3. The predicted octanol–water partition coefficient (Wildman–Crippen LogP) is 5.86. The van der Waals surface area contributed by atoms with Gasteiger partial charge in [0.15, 0.2) is 0 Å². The lowest BCUT2D eigenvalue weighted by Gasteiger charge is -2.31. The Balaban J connectivity index is 1.84. The van der Waals surface area contributed by atoms with E-state index >= 15 is 0 Å². The molecule has 33 heavy (non-hydrogen) atoms. The van der Waals surface area contributed by atoms with Gasteiger partial charge < -0.3 is 4.74 Å². The van der Waals surface area contributed by atoms with Crippen LogP contribution < -0.4 is 9.04 Å². The van der Waals surface area contributed by atoms with E-state index < -0.39 is 38.3 Å². The van der Waals surface area contributed by atoms with Crippen molar-refractivity contribution in [3.63, 3.8) is 0 Å². The van der Waals surface area contributed by atoms with Crippen LogP contribution in [0.2, 0.25) is 0 Å². The van der Waals surface area contributed by atoms with Gasteiger partial charge in [-0.3, -0.25) is 4.31 Å². The van der Waals surface area contributed by atoms with E-state index in [1.165, 1.54) is 32.0 Å². The summed E-state index contributed by atoms with van der Waals surface area (Å²) in [7, 11) is -4.39. The molecule has 0 fully saturated rings. The highest BCUT2D eigenvalue weighted by atomic mass is 32.2. The largest absolute Gasteiger partial charge is 0.489 e. The average molecular weight is 483 g/mol. The highest BCUT2D eigenvalue weighted by Crippen LogP contribution is 2.40. The van der Waals surface area contributed by atoms with Gasteiger partial charge in [-0.2, -0.15) is 13.2 Å². The molecular weight excluding hydrogens is 465 g/mol. The molecule has 0 atom stereocenters. The van der Waals surface area contributed by atoms with Crippen molar-refractivity contribution in [3.8, 4) is 16.9 Å². The molecule has 0 aromatic heterocycles. The lowest BCUT2D eigenvalue weighted by atomic mass is 9.97. The summed E-state index contributed by atoms with van der Waals surface area (Å²) in [6.07, 6.45) is -4.71. The van der Waals surface area contributed by atoms with Crippen molar-refractivity contribution >= 4 is 15.7 Å². The first-order valence-corrected chi connectivity index (χ1v) is 11.3. The quantitative estimate of drug-likeness (QED) is 0.439. The van der Waals surface area contributed by atoms with Crippen molar-refractivity contribution in [2.75, 3.05) is 17.5 Å². The number of hydrogen-bond acceptors (Lipinski definition) is 3. The summed E-state index contributed by atoms with van der Waals surface area (Å²) in [5, 5.41) is 0. The Morgan fingerprint density at radius 1 is 0.970 bits per heavy atom. The Labute approximate surface area is 187 Å². The van der Waals surface area contributed by atoms with E-state index in [1.807, 2.05) is 0 Å². The predicted molar refractivity (Wildman–Crippen MR) is 113 cm³/mol. The number of ether oxygens (including phenoxy) is 1. The Hall–Kier alpha value is -3.14. The van der Waals surface area contributed by atoms with Crippen molar-refractivity contribution in [1.82, 2.24) is 0 Å². The van der Waals surface area contributed by atoms with E-state index in [0.717, 1.165) is 28.6 Å². The van der Waals surface area contributed by atoms with Crippen molar-refractivity contribution in [3.05, 3.63) is 76.9 Å². The highest BCUT2D eigenvalue weighted by molar-refractivity contribution is 7.92. The first-order valence-electron chi connectivity index (χ1n) is 9.83. The molecule has 0 radical (unpaired) electrons. The van der Waals surface area contributed by atoms with Crippen molar-refractivity contribution in [2.24, 2.45) is 0 Å². The zero-order chi connectivity index (χ0) is 24.1. The number of alkyl halides is 3. The van der Waals surface area contributed by atoms with Crippen LogP contribution in [-0.4, -0.2) is 21.6 Å². The van der Waals surface area contributed by atoms with Crippen LogP contribution in [0.4, 0.5) is 27.6 Å². The molecule has 10 heteroatoms. The summed E-state index contributed by atoms with van der Waals surface area (Å²) < 4.78 is 101. The third-order valence-electron chi connectivity index (χ3n) is 5.53. The Morgan fingerprint density at radius 2 is 1.70 bits per heavy atom. The maximum absolute atomic E-state index is 14.4. The fourth-order valence-corrected chi connectivity index (χ4v) is 5.22. The van der Waals surface area contributed by atoms with Gasteiger partial charge in [-0.05, 0) is 66.9 Å². The zero-order valence-electron chi connectivity index (χ0n) is 17.5. The monoisotopic (exact) mass is 483 g/mol. The molecule has 0 bridgehead atoms. The molecule has 4 nitrogen and oxygen atoms in total. The zero-order valence-corrected chi connectivity index (χ0v) is 18.3. The lowest BCUT2D eigenvalue weighted by Crippen LogP contribution is -2.38. The molecular formula is C23H18F5NO3S. The number of hydrogen-bond donors (Lipinski definition) is 0. The van der Waals surface area contributed by atoms with Gasteiger partial charge in [-0.15, -0.1) is 0 Å². The van der Waals surface area contributed by atoms with E-state index in [2.05, 4.69) is 0 Å². The number of halogens is 5. The van der Waals surface area contributed by atoms with Crippen LogP contribution in [0.5, 0.6) is 5.75 Å². The minimum atomic E-state index is -4.71. The van der Waals surface area contributed by atoms with Gasteiger partial charge in [0.2, 0.25) is 0 Å². The van der Waals surface area contributed by atoms with Crippen LogP contribution >= 0.6 is 0 Å². The molecule has 174 valence electrons. The number of nitrogens with zero attached hydrogens (tertiary/aromatic N) is 1. The fourth-order valence-electron chi connectivity index (χ4n) is 3.72. The molecule has 0 aliphatic carbocycles. The molecule has 0 spiro atoms. The van der Waals surface area contributed by atoms with Gasteiger partial charge in [0.05, 0.1) is 22.7 Å². The summed E-state index contributed by atoms with van der Waals surface area (Å²) in [5.74, 6) is -1.28. The van der Waals surface area contributed by atoms with Crippen molar-refractivity contribution < 1.29 is 35.1 Å². The summed E-state index contributed by atoms with van der Waals surface area (Å²) in [4.78, 5) is -0.529. The van der Waals surface area contributed by atoms with E-state index in [1.54, 1.807) is 0 Å². The molecule has 1 heterocycles. The van der Waals surface area contributed by atoms with Crippen LogP contribution in [0.3, 0.4) is 0 Å². The molecule has 1 aliphatic heterocycles. The van der Waals surface area contributed by atoms with E-state index in [0.29, 0.717) is 11.6 Å². The van der Waals surface area contributed by atoms with Crippen LogP contribution in [0.25, 0.3) is 11.1 Å². The number of rotatable bonds is 3. The molecule has 0 saturated carbocycles. The molecule has 3 aromatic rings. The summed E-state index contributed by atoms with van der Waals surface area (Å²) >= 11 is 0. The highest BCUT2D eigenvalue weighted by Gasteiger charge is 2.35. The molecule has 0 saturated heterocycles. The van der Waals surface area contributed by atoms with Crippen molar-refractivity contribution in [1.29, 1.82) is 0 Å². The van der Waals surface area contributed by atoms with E-state index in [4.69, 9.17) is 4.74 Å². The molecule has 0 N–H and O–H groups in total. The maximum Gasteiger partial charge on any atom is 0.416 e. The number of sulfonamides is 1. The topological polar surface area (TPSA) is 46.6 Å². The first-order chi connectivity index (χ1) is 15.4. The number of fused-ring (bicyclic) bond motifs is 1. The minimum absolute atomic E-state index is 0.0165. The first kappa shape index (κ1) is 23.0. The smallest absolute Gasteiger partial charge is 0.416 e. The van der Waals surface area contributed by atoms with Gasteiger partial charge >= 0.3 is 6.18 Å². The summed E-state index contributed by atoms with van der Waals surface area (Å²) in [5.41, 5.74) is -0.424. The second-order valence-electron chi connectivity index (χ2n) is 7.60. The van der Waals surface area contributed by atoms with E-state index in [9.17, 15) is 30.4 Å². The standard InChI is InChI=1S/C23H18F5NO3S/c1-13-18(12-19(24)14(2)22(13)25)15-6-7-21-20(10-15)29(8-9-32-21)33(30,31)17-5-3-4-16(11-17)23(26,27)28/h3-7,10-12H,8-9H2,1-2H3. The molecule has 4 rings (SSSR count). The van der Waals surface area contributed by atoms with Crippen molar-refractivity contribution in [2.45, 2.75) is 24.9 Å². The third-order valence-corrected chi connectivity index (χ3v) is 7.34.